The van der Waals surface area contributed by atoms with E-state index in [0.29, 0.717) is 24.3 Å². The molecule has 1 unspecified atom stereocenters. The monoisotopic (exact) mass is 359 g/mol. The zero-order valence-corrected chi connectivity index (χ0v) is 13.6. The van der Waals surface area contributed by atoms with Crippen LogP contribution in [0.5, 0.6) is 0 Å². The molecule has 1 aliphatic rings. The summed E-state index contributed by atoms with van der Waals surface area (Å²) in [7, 11) is 0. The average Bonchev–Trinajstić information content (AvgIpc) is 2.49. The lowest BCUT2D eigenvalue weighted by Gasteiger charge is -2.34. The van der Waals surface area contributed by atoms with Gasteiger partial charge in [0.25, 0.3) is 0 Å². The number of hydrogen-bond donors (Lipinski definition) is 0. The Morgan fingerprint density at radius 3 is 2.81 bits per heavy atom. The van der Waals surface area contributed by atoms with E-state index in [1.54, 1.807) is 19.1 Å². The highest BCUT2D eigenvalue weighted by atomic mass is 79.9. The first-order valence-corrected chi connectivity index (χ1v) is 7.83. The van der Waals surface area contributed by atoms with Crippen molar-refractivity contribution in [1.82, 2.24) is 4.90 Å². The van der Waals surface area contributed by atoms with Crippen molar-refractivity contribution < 1.29 is 18.7 Å². The molecule has 1 heterocycles. The van der Waals surface area contributed by atoms with Gasteiger partial charge in [0.15, 0.2) is 0 Å². The van der Waals surface area contributed by atoms with Crippen LogP contribution in [0.4, 0.5) is 4.39 Å². The largest absolute Gasteiger partial charge is 0.466 e. The fourth-order valence-corrected chi connectivity index (χ4v) is 2.84. The summed E-state index contributed by atoms with van der Waals surface area (Å²) in [6, 6.07) is 4.75. The van der Waals surface area contributed by atoms with Gasteiger partial charge in [-0.15, -0.1) is 0 Å². The number of ether oxygens (including phenoxy) is 2. The zero-order chi connectivity index (χ0) is 15.2. The van der Waals surface area contributed by atoms with E-state index in [-0.39, 0.29) is 24.2 Å². The van der Waals surface area contributed by atoms with Crippen LogP contribution in [0.2, 0.25) is 0 Å². The molecule has 2 rings (SSSR count). The van der Waals surface area contributed by atoms with Gasteiger partial charge in [-0.3, -0.25) is 9.69 Å². The maximum absolute atomic E-state index is 13.4. The van der Waals surface area contributed by atoms with Crippen LogP contribution in [-0.4, -0.2) is 43.8 Å². The van der Waals surface area contributed by atoms with E-state index < -0.39 is 0 Å². The van der Waals surface area contributed by atoms with Crippen molar-refractivity contribution in [2.75, 3.05) is 32.9 Å². The molecule has 0 radical (unpaired) electrons. The maximum atomic E-state index is 13.4. The van der Waals surface area contributed by atoms with Crippen molar-refractivity contribution in [3.8, 4) is 0 Å². The Kier molecular flexibility index (Phi) is 6.14. The van der Waals surface area contributed by atoms with E-state index in [2.05, 4.69) is 20.8 Å². The van der Waals surface area contributed by atoms with Crippen LogP contribution in [0.1, 0.15) is 24.9 Å². The van der Waals surface area contributed by atoms with Crippen LogP contribution in [0.25, 0.3) is 0 Å². The molecular formula is C15H19BrFNO3. The van der Waals surface area contributed by atoms with Crippen molar-refractivity contribution in [3.05, 3.63) is 34.1 Å². The van der Waals surface area contributed by atoms with E-state index in [1.807, 2.05) is 0 Å². The molecule has 1 saturated heterocycles. The van der Waals surface area contributed by atoms with Gasteiger partial charge in [0, 0.05) is 19.1 Å². The third-order valence-electron chi connectivity index (χ3n) is 3.48. The Balaban J connectivity index is 2.20. The van der Waals surface area contributed by atoms with Crippen LogP contribution in [0.15, 0.2) is 22.7 Å². The van der Waals surface area contributed by atoms with E-state index in [0.717, 1.165) is 18.7 Å². The Morgan fingerprint density at radius 2 is 2.19 bits per heavy atom. The summed E-state index contributed by atoms with van der Waals surface area (Å²) in [6.45, 7) is 4.93. The van der Waals surface area contributed by atoms with Gasteiger partial charge in [-0.25, -0.2) is 4.39 Å². The molecule has 1 fully saturated rings. The van der Waals surface area contributed by atoms with Crippen LogP contribution in [0.3, 0.4) is 0 Å². The Bertz CT molecular complexity index is 492. The van der Waals surface area contributed by atoms with Crippen LogP contribution < -0.4 is 0 Å². The lowest BCUT2D eigenvalue weighted by molar-refractivity contribution is -0.145. The second kappa shape index (κ2) is 7.87. The van der Waals surface area contributed by atoms with Gasteiger partial charge in [-0.05, 0) is 40.5 Å². The Hall–Kier alpha value is -0.980. The SMILES string of the molecule is CCOC(=O)CC(c1ccc(F)c(Br)c1)N1CCOCC1. The molecule has 0 N–H and O–H groups in total. The van der Waals surface area contributed by atoms with E-state index in [4.69, 9.17) is 9.47 Å². The molecule has 1 aromatic rings. The predicted molar refractivity (Wildman–Crippen MR) is 80.5 cm³/mol. The molecule has 116 valence electrons. The van der Waals surface area contributed by atoms with Crippen LogP contribution in [-0.2, 0) is 14.3 Å². The second-order valence-corrected chi connectivity index (χ2v) is 5.70. The third kappa shape index (κ3) is 4.49. The smallest absolute Gasteiger partial charge is 0.307 e. The zero-order valence-electron chi connectivity index (χ0n) is 12.0. The summed E-state index contributed by atoms with van der Waals surface area (Å²) in [5.41, 5.74) is 0.901. The summed E-state index contributed by atoms with van der Waals surface area (Å²) in [6.07, 6.45) is 0.256. The summed E-state index contributed by atoms with van der Waals surface area (Å²) >= 11 is 3.20. The first-order valence-electron chi connectivity index (χ1n) is 7.04. The molecule has 0 aliphatic carbocycles. The number of carbonyl (C=O) groups is 1. The van der Waals surface area contributed by atoms with Crippen molar-refractivity contribution in [3.63, 3.8) is 0 Å². The first kappa shape index (κ1) is 16.4. The number of benzene rings is 1. The van der Waals surface area contributed by atoms with Crippen molar-refractivity contribution >= 4 is 21.9 Å². The number of rotatable bonds is 5. The number of morpholine rings is 1. The molecular weight excluding hydrogens is 341 g/mol. The van der Waals surface area contributed by atoms with Gasteiger partial charge in [0.05, 0.1) is 30.7 Å². The normalized spacial score (nSPS) is 17.5. The van der Waals surface area contributed by atoms with E-state index in [1.165, 1.54) is 6.07 Å². The average molecular weight is 360 g/mol. The summed E-state index contributed by atoms with van der Waals surface area (Å²) in [5, 5.41) is 0. The minimum absolute atomic E-state index is 0.121. The highest BCUT2D eigenvalue weighted by Gasteiger charge is 2.26. The quantitative estimate of drug-likeness (QED) is 0.757. The first-order chi connectivity index (χ1) is 10.1. The van der Waals surface area contributed by atoms with Crippen molar-refractivity contribution in [2.45, 2.75) is 19.4 Å². The summed E-state index contributed by atoms with van der Waals surface area (Å²) < 4.78 is 24.2. The van der Waals surface area contributed by atoms with Crippen LogP contribution >= 0.6 is 15.9 Å². The molecule has 21 heavy (non-hydrogen) atoms. The van der Waals surface area contributed by atoms with Gasteiger partial charge in [-0.1, -0.05) is 6.07 Å². The summed E-state index contributed by atoms with van der Waals surface area (Å²) in [4.78, 5) is 14.0. The molecule has 0 spiro atoms. The number of esters is 1. The standard InChI is InChI=1S/C15H19BrFNO3/c1-2-21-15(19)10-14(18-5-7-20-8-6-18)11-3-4-13(17)12(16)9-11/h3-4,9,14H,2,5-8,10H2,1H3. The molecule has 0 aromatic heterocycles. The van der Waals surface area contributed by atoms with Crippen molar-refractivity contribution in [1.29, 1.82) is 0 Å². The van der Waals surface area contributed by atoms with Gasteiger partial charge in [0.2, 0.25) is 0 Å². The molecule has 0 amide bonds. The highest BCUT2D eigenvalue weighted by molar-refractivity contribution is 9.10. The Morgan fingerprint density at radius 1 is 1.48 bits per heavy atom. The molecule has 1 atom stereocenters. The van der Waals surface area contributed by atoms with E-state index >= 15 is 0 Å². The number of nitrogens with zero attached hydrogens (tertiary/aromatic N) is 1. The van der Waals surface area contributed by atoms with Gasteiger partial charge in [0.1, 0.15) is 5.82 Å². The lowest BCUT2D eigenvalue weighted by atomic mass is 10.0. The molecule has 6 heteroatoms. The minimum atomic E-state index is -0.310. The molecule has 0 bridgehead atoms. The number of carbonyl (C=O) groups excluding carboxylic acids is 1. The molecule has 1 aromatic carbocycles. The van der Waals surface area contributed by atoms with E-state index in [9.17, 15) is 9.18 Å². The van der Waals surface area contributed by atoms with Crippen molar-refractivity contribution in [2.24, 2.45) is 0 Å². The number of halogens is 2. The molecule has 1 aliphatic heterocycles. The van der Waals surface area contributed by atoms with Crippen LogP contribution in [0, 0.1) is 5.82 Å². The lowest BCUT2D eigenvalue weighted by Crippen LogP contribution is -2.40. The predicted octanol–water partition coefficient (Wildman–Crippen LogP) is 2.91. The molecule has 4 nitrogen and oxygen atoms in total. The topological polar surface area (TPSA) is 38.8 Å². The Labute approximate surface area is 132 Å². The minimum Gasteiger partial charge on any atom is -0.466 e. The van der Waals surface area contributed by atoms with Gasteiger partial charge >= 0.3 is 5.97 Å². The summed E-state index contributed by atoms with van der Waals surface area (Å²) in [5.74, 6) is -0.551. The number of hydrogen-bond acceptors (Lipinski definition) is 4. The molecule has 0 saturated carbocycles. The second-order valence-electron chi connectivity index (χ2n) is 4.85. The third-order valence-corrected chi connectivity index (χ3v) is 4.09. The maximum Gasteiger partial charge on any atom is 0.307 e. The fraction of sp³-hybridized carbons (Fsp3) is 0.533. The van der Waals surface area contributed by atoms with Gasteiger partial charge < -0.3 is 9.47 Å². The fourth-order valence-electron chi connectivity index (χ4n) is 2.44. The highest BCUT2D eigenvalue weighted by Crippen LogP contribution is 2.29. The van der Waals surface area contributed by atoms with Gasteiger partial charge in [-0.2, -0.15) is 0 Å².